The zero-order valence-corrected chi connectivity index (χ0v) is 11.6. The van der Waals surface area contributed by atoms with Crippen molar-refractivity contribution >= 4 is 0 Å². The highest BCUT2D eigenvalue weighted by molar-refractivity contribution is 5.37. The SMILES string of the molecule is Cc1ccc(C(C)NCCCC(C)CO)c(O)c1. The second-order valence-electron chi connectivity index (χ2n) is 5.17. The van der Waals surface area contributed by atoms with Gasteiger partial charge in [-0.1, -0.05) is 19.1 Å². The van der Waals surface area contributed by atoms with E-state index >= 15 is 0 Å². The second kappa shape index (κ2) is 7.39. The summed E-state index contributed by atoms with van der Waals surface area (Å²) >= 11 is 0. The molecule has 3 N–H and O–H groups in total. The number of aryl methyl sites for hydroxylation is 1. The molecule has 102 valence electrons. The van der Waals surface area contributed by atoms with Crippen LogP contribution in [0.2, 0.25) is 0 Å². The van der Waals surface area contributed by atoms with Gasteiger partial charge in [0.1, 0.15) is 5.75 Å². The number of aromatic hydroxyl groups is 1. The second-order valence-corrected chi connectivity index (χ2v) is 5.17. The van der Waals surface area contributed by atoms with E-state index in [9.17, 15) is 5.11 Å². The Balaban J connectivity index is 2.38. The van der Waals surface area contributed by atoms with Gasteiger partial charge in [-0.3, -0.25) is 0 Å². The van der Waals surface area contributed by atoms with Crippen molar-refractivity contribution in [1.29, 1.82) is 0 Å². The van der Waals surface area contributed by atoms with Crippen LogP contribution in [0.3, 0.4) is 0 Å². The van der Waals surface area contributed by atoms with E-state index in [1.54, 1.807) is 6.07 Å². The van der Waals surface area contributed by atoms with Gasteiger partial charge in [-0.25, -0.2) is 0 Å². The molecule has 3 heteroatoms. The van der Waals surface area contributed by atoms with Gasteiger partial charge in [-0.05, 0) is 50.8 Å². The Hall–Kier alpha value is -1.06. The molecule has 0 aromatic heterocycles. The third kappa shape index (κ3) is 4.67. The number of phenols is 1. The van der Waals surface area contributed by atoms with Gasteiger partial charge in [0.15, 0.2) is 0 Å². The average molecular weight is 251 g/mol. The van der Waals surface area contributed by atoms with Gasteiger partial charge in [0, 0.05) is 18.2 Å². The lowest BCUT2D eigenvalue weighted by molar-refractivity contribution is 0.227. The van der Waals surface area contributed by atoms with Gasteiger partial charge >= 0.3 is 0 Å². The molecule has 0 aliphatic heterocycles. The quantitative estimate of drug-likeness (QED) is 0.653. The fourth-order valence-electron chi connectivity index (χ4n) is 1.99. The first-order chi connectivity index (χ1) is 8.54. The summed E-state index contributed by atoms with van der Waals surface area (Å²) in [6.45, 7) is 7.24. The summed E-state index contributed by atoms with van der Waals surface area (Å²) < 4.78 is 0. The Morgan fingerprint density at radius 2 is 2.00 bits per heavy atom. The molecule has 0 fully saturated rings. The fourth-order valence-corrected chi connectivity index (χ4v) is 1.99. The smallest absolute Gasteiger partial charge is 0.120 e. The minimum absolute atomic E-state index is 0.148. The standard InChI is InChI=1S/C15H25NO2/c1-11-6-7-14(15(18)9-11)13(3)16-8-4-5-12(2)10-17/h6-7,9,12-13,16-18H,4-5,8,10H2,1-3H3. The Morgan fingerprint density at radius 1 is 1.28 bits per heavy atom. The number of phenolic OH excluding ortho intramolecular Hbond substituents is 1. The molecule has 0 saturated heterocycles. The van der Waals surface area contributed by atoms with Crippen LogP contribution in [-0.4, -0.2) is 23.4 Å². The van der Waals surface area contributed by atoms with E-state index in [2.05, 4.69) is 19.2 Å². The van der Waals surface area contributed by atoms with Crippen LogP contribution in [0, 0.1) is 12.8 Å². The summed E-state index contributed by atoms with van der Waals surface area (Å²) in [4.78, 5) is 0. The van der Waals surface area contributed by atoms with Crippen molar-refractivity contribution in [2.45, 2.75) is 39.7 Å². The van der Waals surface area contributed by atoms with Gasteiger partial charge in [-0.2, -0.15) is 0 Å². The van der Waals surface area contributed by atoms with Crippen LogP contribution in [0.1, 0.15) is 43.9 Å². The van der Waals surface area contributed by atoms with Crippen molar-refractivity contribution in [2.75, 3.05) is 13.2 Å². The fraction of sp³-hybridized carbons (Fsp3) is 0.600. The first-order valence-corrected chi connectivity index (χ1v) is 6.68. The zero-order chi connectivity index (χ0) is 13.5. The molecular weight excluding hydrogens is 226 g/mol. The van der Waals surface area contributed by atoms with Gasteiger partial charge in [0.25, 0.3) is 0 Å². The van der Waals surface area contributed by atoms with Crippen molar-refractivity contribution in [1.82, 2.24) is 5.32 Å². The third-order valence-electron chi connectivity index (χ3n) is 3.29. The molecule has 0 amide bonds. The van der Waals surface area contributed by atoms with Crippen molar-refractivity contribution in [3.05, 3.63) is 29.3 Å². The summed E-state index contributed by atoms with van der Waals surface area (Å²) in [5.41, 5.74) is 2.01. The normalized spacial score (nSPS) is 14.4. The molecule has 18 heavy (non-hydrogen) atoms. The predicted octanol–water partition coefficient (Wildman–Crippen LogP) is 2.76. The predicted molar refractivity (Wildman–Crippen MR) is 74.7 cm³/mol. The summed E-state index contributed by atoms with van der Waals surface area (Å²) in [5, 5.41) is 22.2. The van der Waals surface area contributed by atoms with E-state index in [4.69, 9.17) is 5.11 Å². The maximum atomic E-state index is 9.87. The van der Waals surface area contributed by atoms with Gasteiger partial charge < -0.3 is 15.5 Å². The van der Waals surface area contributed by atoms with E-state index < -0.39 is 0 Å². The van der Waals surface area contributed by atoms with Crippen molar-refractivity contribution < 1.29 is 10.2 Å². The van der Waals surface area contributed by atoms with Gasteiger partial charge in [0.05, 0.1) is 0 Å². The van der Waals surface area contributed by atoms with Crippen LogP contribution in [0.25, 0.3) is 0 Å². The number of rotatable bonds is 7. The first kappa shape index (κ1) is 15.0. The minimum atomic E-state index is 0.148. The minimum Gasteiger partial charge on any atom is -0.508 e. The molecule has 0 saturated carbocycles. The summed E-state index contributed by atoms with van der Waals surface area (Å²) in [7, 11) is 0. The molecular formula is C15H25NO2. The number of nitrogens with one attached hydrogen (secondary N) is 1. The Kier molecular flexibility index (Phi) is 6.16. The van der Waals surface area contributed by atoms with Crippen molar-refractivity contribution in [2.24, 2.45) is 5.92 Å². The number of hydrogen-bond acceptors (Lipinski definition) is 3. The van der Waals surface area contributed by atoms with Crippen molar-refractivity contribution in [3.63, 3.8) is 0 Å². The molecule has 0 bridgehead atoms. The molecule has 0 radical (unpaired) electrons. The van der Waals surface area contributed by atoms with E-state index in [1.165, 1.54) is 0 Å². The first-order valence-electron chi connectivity index (χ1n) is 6.68. The molecule has 2 unspecified atom stereocenters. The maximum Gasteiger partial charge on any atom is 0.120 e. The molecule has 0 spiro atoms. The molecule has 0 aliphatic carbocycles. The van der Waals surface area contributed by atoms with Crippen LogP contribution < -0.4 is 5.32 Å². The van der Waals surface area contributed by atoms with Crippen LogP contribution in [-0.2, 0) is 0 Å². The lowest BCUT2D eigenvalue weighted by Gasteiger charge is -2.16. The molecule has 1 aromatic rings. The Labute approximate surface area is 110 Å². The van der Waals surface area contributed by atoms with Crippen LogP contribution >= 0.6 is 0 Å². The number of aliphatic hydroxyl groups is 1. The molecule has 2 atom stereocenters. The maximum absolute atomic E-state index is 9.87. The van der Waals surface area contributed by atoms with Crippen molar-refractivity contribution in [3.8, 4) is 5.75 Å². The van der Waals surface area contributed by atoms with Gasteiger partial charge in [-0.15, -0.1) is 0 Å². The highest BCUT2D eigenvalue weighted by Gasteiger charge is 2.09. The topological polar surface area (TPSA) is 52.5 Å². The van der Waals surface area contributed by atoms with Crippen LogP contribution in [0.4, 0.5) is 0 Å². The Bertz CT molecular complexity index is 366. The number of benzene rings is 1. The van der Waals surface area contributed by atoms with E-state index in [1.807, 2.05) is 19.1 Å². The Morgan fingerprint density at radius 3 is 2.61 bits per heavy atom. The van der Waals surface area contributed by atoms with E-state index in [0.29, 0.717) is 11.7 Å². The highest BCUT2D eigenvalue weighted by atomic mass is 16.3. The largest absolute Gasteiger partial charge is 0.508 e. The van der Waals surface area contributed by atoms with Gasteiger partial charge in [0.2, 0.25) is 0 Å². The zero-order valence-electron chi connectivity index (χ0n) is 11.6. The summed E-state index contributed by atoms with van der Waals surface area (Å²) in [6.07, 6.45) is 2.06. The lowest BCUT2D eigenvalue weighted by atomic mass is 10.0. The van der Waals surface area contributed by atoms with Crippen LogP contribution in [0.5, 0.6) is 5.75 Å². The average Bonchev–Trinajstić information content (AvgIpc) is 2.34. The molecule has 0 heterocycles. The van der Waals surface area contributed by atoms with E-state index in [0.717, 1.165) is 30.5 Å². The number of hydrogen-bond donors (Lipinski definition) is 3. The van der Waals surface area contributed by atoms with Crippen LogP contribution in [0.15, 0.2) is 18.2 Å². The number of aliphatic hydroxyl groups excluding tert-OH is 1. The molecule has 3 nitrogen and oxygen atoms in total. The van der Waals surface area contributed by atoms with E-state index in [-0.39, 0.29) is 12.6 Å². The summed E-state index contributed by atoms with van der Waals surface area (Å²) in [5.74, 6) is 0.730. The monoisotopic (exact) mass is 251 g/mol. The highest BCUT2D eigenvalue weighted by Crippen LogP contribution is 2.24. The molecule has 1 aromatic carbocycles. The molecule has 1 rings (SSSR count). The summed E-state index contributed by atoms with van der Waals surface area (Å²) in [6, 6.07) is 5.93. The molecule has 0 aliphatic rings. The lowest BCUT2D eigenvalue weighted by Crippen LogP contribution is -2.20. The third-order valence-corrected chi connectivity index (χ3v) is 3.29.